The van der Waals surface area contributed by atoms with Crippen molar-refractivity contribution in [1.82, 2.24) is 15.6 Å². The number of ether oxygens (including phenoxy) is 1. The number of halogens is 2. The summed E-state index contributed by atoms with van der Waals surface area (Å²) in [6.07, 6.45) is 1.58. The highest BCUT2D eigenvalue weighted by molar-refractivity contribution is 5.92. The van der Waals surface area contributed by atoms with E-state index in [1.54, 1.807) is 18.3 Å². The van der Waals surface area contributed by atoms with Gasteiger partial charge in [-0.3, -0.25) is 9.78 Å². The van der Waals surface area contributed by atoms with Crippen molar-refractivity contribution in [3.8, 4) is 11.5 Å². The summed E-state index contributed by atoms with van der Waals surface area (Å²) in [6.45, 7) is 2.60. The van der Waals surface area contributed by atoms with Crippen LogP contribution in [0.2, 0.25) is 0 Å². The van der Waals surface area contributed by atoms with Gasteiger partial charge in [0, 0.05) is 37.8 Å². The van der Waals surface area contributed by atoms with Gasteiger partial charge in [0.15, 0.2) is 0 Å². The SMILES string of the molecule is Cl.Cl.O=C(NCC1CNC1)c1cc(Oc2ccccc2)ccn1. The lowest BCUT2D eigenvalue weighted by atomic mass is 10.0. The molecule has 2 N–H and O–H groups in total. The van der Waals surface area contributed by atoms with E-state index >= 15 is 0 Å². The van der Waals surface area contributed by atoms with Crippen LogP contribution < -0.4 is 15.4 Å². The third-order valence-electron chi connectivity index (χ3n) is 3.36. The molecule has 0 bridgehead atoms. The van der Waals surface area contributed by atoms with Gasteiger partial charge in [-0.25, -0.2) is 0 Å². The van der Waals surface area contributed by atoms with Crippen LogP contribution in [0.5, 0.6) is 11.5 Å². The molecule has 0 spiro atoms. The molecule has 1 aromatic carbocycles. The van der Waals surface area contributed by atoms with Crippen molar-refractivity contribution < 1.29 is 9.53 Å². The molecule has 23 heavy (non-hydrogen) atoms. The van der Waals surface area contributed by atoms with Crippen LogP contribution in [-0.4, -0.2) is 30.5 Å². The van der Waals surface area contributed by atoms with E-state index in [1.165, 1.54) is 0 Å². The van der Waals surface area contributed by atoms with Crippen molar-refractivity contribution in [2.45, 2.75) is 0 Å². The molecule has 5 nitrogen and oxygen atoms in total. The van der Waals surface area contributed by atoms with E-state index in [9.17, 15) is 4.79 Å². The zero-order valence-electron chi connectivity index (χ0n) is 12.4. The Morgan fingerprint density at radius 1 is 1.17 bits per heavy atom. The standard InChI is InChI=1S/C16H17N3O2.2ClH/c20-16(19-11-12-9-17-10-12)15-8-14(6-7-18-15)21-13-4-2-1-3-5-13;;/h1-8,12,17H,9-11H2,(H,19,20);2*1H. The van der Waals surface area contributed by atoms with E-state index in [0.717, 1.165) is 18.8 Å². The molecule has 1 aliphatic heterocycles. The van der Waals surface area contributed by atoms with E-state index in [2.05, 4.69) is 15.6 Å². The Kier molecular flexibility index (Phi) is 7.81. The zero-order valence-corrected chi connectivity index (χ0v) is 14.0. The summed E-state index contributed by atoms with van der Waals surface area (Å²) in [5.41, 5.74) is 0.371. The number of benzene rings is 1. The molecule has 0 saturated carbocycles. The number of rotatable bonds is 5. The van der Waals surface area contributed by atoms with Crippen molar-refractivity contribution in [2.75, 3.05) is 19.6 Å². The molecule has 0 atom stereocenters. The molecule has 2 heterocycles. The summed E-state index contributed by atoms with van der Waals surface area (Å²) in [6, 6.07) is 12.8. The van der Waals surface area contributed by atoms with Gasteiger partial charge in [-0.1, -0.05) is 18.2 Å². The second-order valence-corrected chi connectivity index (χ2v) is 5.03. The summed E-state index contributed by atoms with van der Waals surface area (Å²) in [4.78, 5) is 16.1. The Balaban J connectivity index is 0.00000132. The van der Waals surface area contributed by atoms with Gasteiger partial charge in [-0.15, -0.1) is 24.8 Å². The largest absolute Gasteiger partial charge is 0.457 e. The van der Waals surface area contributed by atoms with Gasteiger partial charge in [0.1, 0.15) is 17.2 Å². The maximum absolute atomic E-state index is 12.0. The summed E-state index contributed by atoms with van der Waals surface area (Å²) >= 11 is 0. The maximum atomic E-state index is 12.0. The molecule has 1 saturated heterocycles. The van der Waals surface area contributed by atoms with Crippen LogP contribution in [0.25, 0.3) is 0 Å². The average Bonchev–Trinajstić information content (AvgIpc) is 2.47. The molecule has 0 radical (unpaired) electrons. The average molecular weight is 356 g/mol. The fraction of sp³-hybridized carbons (Fsp3) is 0.250. The molecule has 7 heteroatoms. The van der Waals surface area contributed by atoms with Crippen molar-refractivity contribution in [3.63, 3.8) is 0 Å². The molecule has 124 valence electrons. The predicted octanol–water partition coefficient (Wildman–Crippen LogP) is 2.67. The first-order valence-corrected chi connectivity index (χ1v) is 6.99. The van der Waals surface area contributed by atoms with E-state index in [1.807, 2.05) is 30.3 Å². The van der Waals surface area contributed by atoms with Gasteiger partial charge in [-0.2, -0.15) is 0 Å². The number of carbonyl (C=O) groups is 1. The minimum Gasteiger partial charge on any atom is -0.457 e. The lowest BCUT2D eigenvalue weighted by Crippen LogP contribution is -2.48. The molecule has 1 aliphatic rings. The molecule has 1 amide bonds. The highest BCUT2D eigenvalue weighted by atomic mass is 35.5. The second-order valence-electron chi connectivity index (χ2n) is 5.03. The van der Waals surface area contributed by atoms with E-state index in [-0.39, 0.29) is 30.7 Å². The molecular weight excluding hydrogens is 337 g/mol. The summed E-state index contributed by atoms with van der Waals surface area (Å²) in [5, 5.41) is 6.07. The van der Waals surface area contributed by atoms with Crippen LogP contribution in [0.3, 0.4) is 0 Å². The molecule has 3 rings (SSSR count). The Morgan fingerprint density at radius 3 is 2.57 bits per heavy atom. The van der Waals surface area contributed by atoms with E-state index in [4.69, 9.17) is 4.74 Å². The van der Waals surface area contributed by atoms with Crippen LogP contribution in [0.15, 0.2) is 48.7 Å². The summed E-state index contributed by atoms with van der Waals surface area (Å²) in [7, 11) is 0. The first kappa shape index (κ1) is 19.2. The number of pyridine rings is 1. The number of carbonyl (C=O) groups excluding carboxylic acids is 1. The van der Waals surface area contributed by atoms with Gasteiger partial charge in [0.25, 0.3) is 5.91 Å². The normalized spacial score (nSPS) is 13.0. The monoisotopic (exact) mass is 355 g/mol. The minimum atomic E-state index is -0.166. The molecular formula is C16H19Cl2N3O2. The van der Waals surface area contributed by atoms with Crippen LogP contribution in [-0.2, 0) is 0 Å². The Bertz CT molecular complexity index is 622. The Hall–Kier alpha value is -1.82. The molecule has 1 fully saturated rings. The summed E-state index contributed by atoms with van der Waals surface area (Å²) < 4.78 is 5.70. The van der Waals surface area contributed by atoms with Gasteiger partial charge < -0.3 is 15.4 Å². The zero-order chi connectivity index (χ0) is 14.5. The van der Waals surface area contributed by atoms with Gasteiger partial charge in [0.05, 0.1) is 0 Å². The fourth-order valence-electron chi connectivity index (χ4n) is 2.04. The number of nitrogens with zero attached hydrogens (tertiary/aromatic N) is 1. The number of amides is 1. The first-order chi connectivity index (χ1) is 10.3. The fourth-order valence-corrected chi connectivity index (χ4v) is 2.04. The van der Waals surface area contributed by atoms with E-state index < -0.39 is 0 Å². The lowest BCUT2D eigenvalue weighted by molar-refractivity contribution is 0.0937. The minimum absolute atomic E-state index is 0. The number of hydrogen-bond donors (Lipinski definition) is 2. The van der Waals surface area contributed by atoms with Crippen molar-refractivity contribution in [1.29, 1.82) is 0 Å². The third-order valence-corrected chi connectivity index (χ3v) is 3.36. The third kappa shape index (κ3) is 5.39. The Labute approximate surface area is 147 Å². The highest BCUT2D eigenvalue weighted by Gasteiger charge is 2.18. The maximum Gasteiger partial charge on any atom is 0.270 e. The Morgan fingerprint density at radius 2 is 1.91 bits per heavy atom. The number of para-hydroxylation sites is 1. The van der Waals surface area contributed by atoms with Gasteiger partial charge in [0.2, 0.25) is 0 Å². The molecule has 0 unspecified atom stereocenters. The lowest BCUT2D eigenvalue weighted by Gasteiger charge is -2.26. The summed E-state index contributed by atoms with van der Waals surface area (Å²) in [5.74, 6) is 1.69. The second kappa shape index (κ2) is 9.35. The topological polar surface area (TPSA) is 63.2 Å². The van der Waals surface area contributed by atoms with Gasteiger partial charge >= 0.3 is 0 Å². The van der Waals surface area contributed by atoms with Crippen LogP contribution in [0.1, 0.15) is 10.5 Å². The van der Waals surface area contributed by atoms with Gasteiger partial charge in [-0.05, 0) is 18.2 Å². The first-order valence-electron chi connectivity index (χ1n) is 6.99. The van der Waals surface area contributed by atoms with Crippen molar-refractivity contribution in [3.05, 3.63) is 54.4 Å². The van der Waals surface area contributed by atoms with Crippen molar-refractivity contribution >= 4 is 30.7 Å². The van der Waals surface area contributed by atoms with Crippen LogP contribution in [0, 0.1) is 5.92 Å². The number of nitrogens with one attached hydrogen (secondary N) is 2. The quantitative estimate of drug-likeness (QED) is 0.865. The highest BCUT2D eigenvalue weighted by Crippen LogP contribution is 2.20. The molecule has 0 aliphatic carbocycles. The van der Waals surface area contributed by atoms with Crippen molar-refractivity contribution in [2.24, 2.45) is 5.92 Å². The van der Waals surface area contributed by atoms with Crippen LogP contribution in [0.4, 0.5) is 0 Å². The predicted molar refractivity (Wildman–Crippen MR) is 93.9 cm³/mol. The number of hydrogen-bond acceptors (Lipinski definition) is 4. The number of aromatic nitrogens is 1. The van der Waals surface area contributed by atoms with Crippen LogP contribution >= 0.6 is 24.8 Å². The molecule has 2 aromatic rings. The molecule has 1 aromatic heterocycles. The smallest absolute Gasteiger partial charge is 0.270 e. The van der Waals surface area contributed by atoms with E-state index in [0.29, 0.717) is 23.9 Å².